The van der Waals surface area contributed by atoms with Crippen LogP contribution >= 0.6 is 15.9 Å². The van der Waals surface area contributed by atoms with Gasteiger partial charge in [-0.3, -0.25) is 4.79 Å². The van der Waals surface area contributed by atoms with Crippen molar-refractivity contribution in [3.05, 3.63) is 28.6 Å². The summed E-state index contributed by atoms with van der Waals surface area (Å²) in [5.41, 5.74) is -0.631. The Labute approximate surface area is 92.9 Å². The predicted octanol–water partition coefficient (Wildman–Crippen LogP) is 2.60. The fraction of sp³-hybridized carbons (Fsp3) is 0.222. The highest BCUT2D eigenvalue weighted by Gasteiger charge is 2.19. The normalized spacial score (nSPS) is 10.1. The van der Waals surface area contributed by atoms with Crippen molar-refractivity contribution in [1.82, 2.24) is 4.98 Å². The van der Waals surface area contributed by atoms with Gasteiger partial charge < -0.3 is 0 Å². The van der Waals surface area contributed by atoms with E-state index in [0.717, 1.165) is 6.07 Å². The van der Waals surface area contributed by atoms with E-state index in [1.807, 2.05) is 0 Å². The van der Waals surface area contributed by atoms with Crippen molar-refractivity contribution in [3.63, 3.8) is 0 Å². The number of halogens is 3. The molecule has 0 atom stereocenters. The summed E-state index contributed by atoms with van der Waals surface area (Å²) in [5, 5.41) is 8.74. The second-order valence-electron chi connectivity index (χ2n) is 2.62. The van der Waals surface area contributed by atoms with Crippen molar-refractivity contribution in [2.45, 2.75) is 11.8 Å². The fourth-order valence-corrected chi connectivity index (χ4v) is 1.56. The molecule has 0 amide bonds. The first-order chi connectivity index (χ1) is 7.13. The highest BCUT2D eigenvalue weighted by Crippen LogP contribution is 2.27. The second kappa shape index (κ2) is 4.94. The molecular formula is C9H5BrF2N2O. The second-order valence-corrected chi connectivity index (χ2v) is 3.18. The summed E-state index contributed by atoms with van der Waals surface area (Å²) in [4.78, 5) is 14.1. The zero-order chi connectivity index (χ0) is 11.4. The van der Waals surface area contributed by atoms with Gasteiger partial charge in [-0.1, -0.05) is 15.9 Å². The first-order valence-electron chi connectivity index (χ1n) is 3.87. The molecule has 0 saturated carbocycles. The Morgan fingerprint density at radius 3 is 2.73 bits per heavy atom. The van der Waals surface area contributed by atoms with Gasteiger partial charge in [0.2, 0.25) is 0 Å². The highest BCUT2D eigenvalue weighted by molar-refractivity contribution is 9.08. The lowest BCUT2D eigenvalue weighted by Crippen LogP contribution is -2.03. The fourth-order valence-electron chi connectivity index (χ4n) is 1.13. The van der Waals surface area contributed by atoms with Gasteiger partial charge >= 0.3 is 0 Å². The topological polar surface area (TPSA) is 53.8 Å². The zero-order valence-corrected chi connectivity index (χ0v) is 8.96. The monoisotopic (exact) mass is 274 g/mol. The molecule has 1 rings (SSSR count). The Hall–Kier alpha value is -1.35. The standard InChI is InChI=1S/C9H5BrF2N2O/c10-2-7-8(9(11)12)5(3-13)1-6(4-15)14-7/h1,4,9H,2H2. The molecule has 6 heteroatoms. The van der Waals surface area contributed by atoms with Gasteiger partial charge in [0.1, 0.15) is 5.69 Å². The Morgan fingerprint density at radius 1 is 1.67 bits per heavy atom. The molecule has 0 bridgehead atoms. The number of aromatic nitrogens is 1. The van der Waals surface area contributed by atoms with Crippen LogP contribution in [0.25, 0.3) is 0 Å². The minimum Gasteiger partial charge on any atom is -0.296 e. The summed E-state index contributed by atoms with van der Waals surface area (Å²) in [6.07, 6.45) is -2.36. The average molecular weight is 275 g/mol. The Balaban J connectivity index is 3.47. The van der Waals surface area contributed by atoms with Crippen LogP contribution in [0.3, 0.4) is 0 Å². The molecule has 0 saturated heterocycles. The number of aldehydes is 1. The Bertz CT molecular complexity index is 429. The molecule has 1 aromatic rings. The van der Waals surface area contributed by atoms with E-state index in [4.69, 9.17) is 5.26 Å². The molecule has 0 unspecified atom stereocenters. The molecule has 0 aliphatic heterocycles. The smallest absolute Gasteiger partial charge is 0.266 e. The van der Waals surface area contributed by atoms with Crippen LogP contribution in [0.4, 0.5) is 8.78 Å². The maximum absolute atomic E-state index is 12.6. The number of alkyl halides is 3. The van der Waals surface area contributed by atoms with Gasteiger partial charge in [0.25, 0.3) is 6.43 Å². The Kier molecular flexibility index (Phi) is 3.86. The first-order valence-corrected chi connectivity index (χ1v) is 4.99. The van der Waals surface area contributed by atoms with Crippen molar-refractivity contribution in [1.29, 1.82) is 5.26 Å². The predicted molar refractivity (Wildman–Crippen MR) is 51.9 cm³/mol. The van der Waals surface area contributed by atoms with Crippen molar-refractivity contribution in [2.75, 3.05) is 0 Å². The third kappa shape index (κ3) is 2.36. The maximum Gasteiger partial charge on any atom is 0.266 e. The summed E-state index contributed by atoms with van der Waals surface area (Å²) in [5.74, 6) is 0. The van der Waals surface area contributed by atoms with Gasteiger partial charge in [-0.25, -0.2) is 13.8 Å². The number of nitrogens with zero attached hydrogens (tertiary/aromatic N) is 2. The van der Waals surface area contributed by atoms with Crippen LogP contribution in [-0.4, -0.2) is 11.3 Å². The number of carbonyl (C=O) groups excluding carboxylic acids is 1. The van der Waals surface area contributed by atoms with E-state index < -0.39 is 12.0 Å². The lowest BCUT2D eigenvalue weighted by Gasteiger charge is -2.07. The van der Waals surface area contributed by atoms with Gasteiger partial charge in [-0.05, 0) is 6.07 Å². The molecule has 1 heterocycles. The van der Waals surface area contributed by atoms with Gasteiger partial charge in [0.05, 0.1) is 22.9 Å². The lowest BCUT2D eigenvalue weighted by atomic mass is 10.1. The molecular weight excluding hydrogens is 270 g/mol. The third-order valence-electron chi connectivity index (χ3n) is 1.74. The van der Waals surface area contributed by atoms with Crippen LogP contribution in [0.5, 0.6) is 0 Å². The number of pyridine rings is 1. The highest BCUT2D eigenvalue weighted by atomic mass is 79.9. The van der Waals surface area contributed by atoms with Crippen LogP contribution in [0, 0.1) is 11.3 Å². The van der Waals surface area contributed by atoms with E-state index in [2.05, 4.69) is 20.9 Å². The Morgan fingerprint density at radius 2 is 2.33 bits per heavy atom. The quantitative estimate of drug-likeness (QED) is 0.629. The third-order valence-corrected chi connectivity index (χ3v) is 2.27. The minimum absolute atomic E-state index is 0.0196. The van der Waals surface area contributed by atoms with Crippen LogP contribution in [0.2, 0.25) is 0 Å². The summed E-state index contributed by atoms with van der Waals surface area (Å²) >= 11 is 2.98. The van der Waals surface area contributed by atoms with Crippen LogP contribution in [0.1, 0.15) is 33.7 Å². The van der Waals surface area contributed by atoms with Gasteiger partial charge in [-0.2, -0.15) is 5.26 Å². The van der Waals surface area contributed by atoms with E-state index in [-0.39, 0.29) is 22.3 Å². The molecule has 0 spiro atoms. The van der Waals surface area contributed by atoms with Crippen molar-refractivity contribution < 1.29 is 13.6 Å². The number of nitriles is 1. The summed E-state index contributed by atoms with van der Waals surface area (Å²) < 4.78 is 25.2. The number of hydrogen-bond acceptors (Lipinski definition) is 3. The molecule has 0 aromatic carbocycles. The van der Waals surface area contributed by atoms with Crippen molar-refractivity contribution in [2.24, 2.45) is 0 Å². The number of hydrogen-bond donors (Lipinski definition) is 0. The van der Waals surface area contributed by atoms with E-state index >= 15 is 0 Å². The van der Waals surface area contributed by atoms with E-state index in [9.17, 15) is 13.6 Å². The van der Waals surface area contributed by atoms with E-state index in [1.165, 1.54) is 0 Å². The lowest BCUT2D eigenvalue weighted by molar-refractivity contribution is 0.111. The van der Waals surface area contributed by atoms with Gasteiger partial charge in [0, 0.05) is 5.33 Å². The number of rotatable bonds is 3. The van der Waals surface area contributed by atoms with Crippen molar-refractivity contribution in [3.8, 4) is 6.07 Å². The maximum atomic E-state index is 12.6. The molecule has 3 nitrogen and oxygen atoms in total. The molecule has 0 N–H and O–H groups in total. The molecule has 0 fully saturated rings. The van der Waals surface area contributed by atoms with Crippen LogP contribution < -0.4 is 0 Å². The minimum atomic E-state index is -2.78. The summed E-state index contributed by atoms with van der Waals surface area (Å²) in [6.45, 7) is 0. The molecule has 0 aliphatic carbocycles. The van der Waals surface area contributed by atoms with Gasteiger partial charge in [-0.15, -0.1) is 0 Å². The van der Waals surface area contributed by atoms with Crippen LogP contribution in [-0.2, 0) is 5.33 Å². The van der Waals surface area contributed by atoms with Gasteiger partial charge in [0.15, 0.2) is 6.29 Å². The molecule has 1 aromatic heterocycles. The molecule has 0 aliphatic rings. The average Bonchev–Trinajstić information content (AvgIpc) is 2.26. The largest absolute Gasteiger partial charge is 0.296 e. The zero-order valence-electron chi connectivity index (χ0n) is 7.38. The molecule has 78 valence electrons. The number of carbonyl (C=O) groups is 1. The SMILES string of the molecule is N#Cc1cc(C=O)nc(CBr)c1C(F)F. The first kappa shape index (κ1) is 11.7. The molecule has 15 heavy (non-hydrogen) atoms. The van der Waals surface area contributed by atoms with E-state index in [0.29, 0.717) is 6.29 Å². The van der Waals surface area contributed by atoms with E-state index in [1.54, 1.807) is 6.07 Å². The summed E-state index contributed by atoms with van der Waals surface area (Å²) in [7, 11) is 0. The molecule has 0 radical (unpaired) electrons. The summed E-state index contributed by atoms with van der Waals surface area (Å²) in [6, 6.07) is 2.68. The van der Waals surface area contributed by atoms with Crippen molar-refractivity contribution >= 4 is 22.2 Å². The van der Waals surface area contributed by atoms with Crippen LogP contribution in [0.15, 0.2) is 6.07 Å².